The summed E-state index contributed by atoms with van der Waals surface area (Å²) in [6.45, 7) is 7.43. The third-order valence-electron chi connectivity index (χ3n) is 4.54. The average Bonchev–Trinajstić information content (AvgIpc) is 2.68. The van der Waals surface area contributed by atoms with Crippen molar-refractivity contribution in [2.45, 2.75) is 64.5 Å². The standard InChI is InChI=1S/C23H35N3O4/c1-7-11-19(25-23(2,3)4)20(28)21(29)24-15-17(27)14-18(22(30)26(5)6)16-12-9-8-10-13-16/h8-10,12-13,18-19,25H,7,11,14-15H2,1-6H3,(H,24,29)/t18-,19-/m0/s1. The van der Waals surface area contributed by atoms with Crippen LogP contribution in [0.15, 0.2) is 30.3 Å². The van der Waals surface area contributed by atoms with Crippen LogP contribution in [0.1, 0.15) is 58.4 Å². The van der Waals surface area contributed by atoms with Crippen molar-refractivity contribution in [2.24, 2.45) is 0 Å². The topological polar surface area (TPSA) is 95.6 Å². The molecule has 0 saturated carbocycles. The number of hydrogen-bond donors (Lipinski definition) is 2. The molecule has 1 aromatic carbocycles. The number of carbonyl (C=O) groups excluding carboxylic acids is 4. The van der Waals surface area contributed by atoms with E-state index in [1.165, 1.54) is 4.90 Å². The van der Waals surface area contributed by atoms with E-state index in [4.69, 9.17) is 0 Å². The predicted octanol–water partition coefficient (Wildman–Crippen LogP) is 2.06. The number of nitrogens with one attached hydrogen (secondary N) is 2. The van der Waals surface area contributed by atoms with E-state index >= 15 is 0 Å². The van der Waals surface area contributed by atoms with Crippen molar-refractivity contribution in [2.75, 3.05) is 20.6 Å². The SMILES string of the molecule is CCC[C@H](NC(C)(C)C)C(=O)C(=O)NCC(=O)C[C@H](C(=O)N(C)C)c1ccccc1. The normalized spacial score (nSPS) is 13.3. The molecule has 0 saturated heterocycles. The zero-order valence-electron chi connectivity index (χ0n) is 19.0. The van der Waals surface area contributed by atoms with Gasteiger partial charge in [0, 0.05) is 26.1 Å². The Bertz CT molecular complexity index is 739. The number of rotatable bonds is 11. The highest BCUT2D eigenvalue weighted by molar-refractivity contribution is 6.38. The Morgan fingerprint density at radius 2 is 1.63 bits per heavy atom. The summed E-state index contributed by atoms with van der Waals surface area (Å²) in [6, 6.07) is 8.47. The van der Waals surface area contributed by atoms with Crippen molar-refractivity contribution in [3.63, 3.8) is 0 Å². The first-order valence-electron chi connectivity index (χ1n) is 10.3. The van der Waals surface area contributed by atoms with Gasteiger partial charge in [-0.05, 0) is 32.8 Å². The Labute approximate surface area is 179 Å². The Kier molecular flexibility index (Phi) is 9.85. The molecular formula is C23H35N3O4. The van der Waals surface area contributed by atoms with E-state index in [0.29, 0.717) is 6.42 Å². The van der Waals surface area contributed by atoms with Gasteiger partial charge in [0.2, 0.25) is 11.7 Å². The second kappa shape index (κ2) is 11.6. The summed E-state index contributed by atoms with van der Waals surface area (Å²) in [5.74, 6) is -2.49. The molecule has 0 spiro atoms. The smallest absolute Gasteiger partial charge is 0.289 e. The van der Waals surface area contributed by atoms with E-state index in [9.17, 15) is 19.2 Å². The monoisotopic (exact) mass is 417 g/mol. The molecule has 2 N–H and O–H groups in total. The number of likely N-dealkylation sites (N-methyl/N-ethyl adjacent to an activating group) is 1. The lowest BCUT2D eigenvalue weighted by atomic mass is 9.92. The number of Topliss-reactive ketones (excluding diaryl/α,β-unsaturated/α-hetero) is 2. The van der Waals surface area contributed by atoms with Crippen LogP contribution in [0.3, 0.4) is 0 Å². The first-order valence-corrected chi connectivity index (χ1v) is 10.3. The Morgan fingerprint density at radius 3 is 2.13 bits per heavy atom. The van der Waals surface area contributed by atoms with Gasteiger partial charge in [0.05, 0.1) is 18.5 Å². The van der Waals surface area contributed by atoms with E-state index in [0.717, 1.165) is 12.0 Å². The van der Waals surface area contributed by atoms with Crippen molar-refractivity contribution in [1.82, 2.24) is 15.5 Å². The van der Waals surface area contributed by atoms with Gasteiger partial charge in [-0.1, -0.05) is 43.7 Å². The molecule has 0 bridgehead atoms. The van der Waals surface area contributed by atoms with Crippen molar-refractivity contribution in [3.05, 3.63) is 35.9 Å². The molecule has 0 unspecified atom stereocenters. The zero-order valence-corrected chi connectivity index (χ0v) is 19.0. The van der Waals surface area contributed by atoms with Crippen LogP contribution in [0.5, 0.6) is 0 Å². The molecule has 30 heavy (non-hydrogen) atoms. The summed E-state index contributed by atoms with van der Waals surface area (Å²) in [6.07, 6.45) is 1.23. The van der Waals surface area contributed by atoms with Gasteiger partial charge in [0.15, 0.2) is 5.78 Å². The van der Waals surface area contributed by atoms with E-state index in [-0.39, 0.29) is 30.2 Å². The molecular weight excluding hydrogens is 382 g/mol. The van der Waals surface area contributed by atoms with E-state index in [1.807, 2.05) is 45.9 Å². The highest BCUT2D eigenvalue weighted by Crippen LogP contribution is 2.21. The van der Waals surface area contributed by atoms with Gasteiger partial charge in [-0.25, -0.2) is 0 Å². The zero-order chi connectivity index (χ0) is 22.9. The maximum Gasteiger partial charge on any atom is 0.289 e. The summed E-state index contributed by atoms with van der Waals surface area (Å²) in [4.78, 5) is 51.3. The molecule has 7 nitrogen and oxygen atoms in total. The van der Waals surface area contributed by atoms with Crippen LogP contribution < -0.4 is 10.6 Å². The van der Waals surface area contributed by atoms with Crippen molar-refractivity contribution in [3.8, 4) is 0 Å². The Balaban J connectivity index is 2.75. The van der Waals surface area contributed by atoms with Gasteiger partial charge in [-0.2, -0.15) is 0 Å². The molecule has 0 aromatic heterocycles. The third-order valence-corrected chi connectivity index (χ3v) is 4.54. The molecule has 0 aliphatic rings. The molecule has 0 fully saturated rings. The molecule has 7 heteroatoms. The second-order valence-corrected chi connectivity index (χ2v) is 8.72. The molecule has 0 radical (unpaired) electrons. The molecule has 1 rings (SSSR count). The largest absolute Gasteiger partial charge is 0.348 e. The van der Waals surface area contributed by atoms with E-state index in [2.05, 4.69) is 10.6 Å². The summed E-state index contributed by atoms with van der Waals surface area (Å²) in [5, 5.41) is 5.59. The van der Waals surface area contributed by atoms with Gasteiger partial charge in [-0.3, -0.25) is 19.2 Å². The lowest BCUT2D eigenvalue weighted by molar-refractivity contribution is -0.140. The highest BCUT2D eigenvalue weighted by atomic mass is 16.2. The van der Waals surface area contributed by atoms with Crippen LogP contribution in [-0.2, 0) is 19.2 Å². The third kappa shape index (κ3) is 8.45. The number of benzene rings is 1. The van der Waals surface area contributed by atoms with Gasteiger partial charge in [0.1, 0.15) is 0 Å². The number of carbonyl (C=O) groups is 4. The number of ketones is 2. The minimum Gasteiger partial charge on any atom is -0.348 e. The number of amides is 2. The van der Waals surface area contributed by atoms with Crippen LogP contribution >= 0.6 is 0 Å². The highest BCUT2D eigenvalue weighted by Gasteiger charge is 2.29. The fraction of sp³-hybridized carbons (Fsp3) is 0.565. The van der Waals surface area contributed by atoms with E-state index < -0.39 is 23.7 Å². The molecule has 0 aliphatic heterocycles. The maximum absolute atomic E-state index is 12.5. The van der Waals surface area contributed by atoms with Gasteiger partial charge >= 0.3 is 0 Å². The Hall–Kier alpha value is -2.54. The van der Waals surface area contributed by atoms with Crippen molar-refractivity contribution >= 4 is 23.4 Å². The number of nitrogens with zero attached hydrogens (tertiary/aromatic N) is 1. The van der Waals surface area contributed by atoms with Gasteiger partial charge < -0.3 is 15.5 Å². The van der Waals surface area contributed by atoms with Crippen LogP contribution in [0.25, 0.3) is 0 Å². The summed E-state index contributed by atoms with van der Waals surface area (Å²) >= 11 is 0. The minimum absolute atomic E-state index is 0.0475. The van der Waals surface area contributed by atoms with Crippen LogP contribution in [0, 0.1) is 0 Å². The van der Waals surface area contributed by atoms with Crippen molar-refractivity contribution < 1.29 is 19.2 Å². The van der Waals surface area contributed by atoms with Gasteiger partial charge in [-0.15, -0.1) is 0 Å². The molecule has 0 heterocycles. The first kappa shape index (κ1) is 25.5. The number of hydrogen-bond acceptors (Lipinski definition) is 5. The quantitative estimate of drug-likeness (QED) is 0.538. The second-order valence-electron chi connectivity index (χ2n) is 8.72. The van der Waals surface area contributed by atoms with Crippen LogP contribution in [-0.4, -0.2) is 60.5 Å². The van der Waals surface area contributed by atoms with Crippen LogP contribution in [0.4, 0.5) is 0 Å². The average molecular weight is 418 g/mol. The van der Waals surface area contributed by atoms with Crippen molar-refractivity contribution in [1.29, 1.82) is 0 Å². The molecule has 2 amide bonds. The van der Waals surface area contributed by atoms with E-state index in [1.54, 1.807) is 26.2 Å². The first-order chi connectivity index (χ1) is 14.0. The maximum atomic E-state index is 12.5. The molecule has 1 aromatic rings. The summed E-state index contributed by atoms with van der Waals surface area (Å²) < 4.78 is 0. The summed E-state index contributed by atoms with van der Waals surface area (Å²) in [5.41, 5.74) is 0.422. The fourth-order valence-corrected chi connectivity index (χ4v) is 3.15. The minimum atomic E-state index is -0.784. The Morgan fingerprint density at radius 1 is 1.03 bits per heavy atom. The fourth-order valence-electron chi connectivity index (χ4n) is 3.15. The molecule has 2 atom stereocenters. The molecule has 166 valence electrons. The summed E-state index contributed by atoms with van der Waals surface area (Å²) in [7, 11) is 3.28. The van der Waals surface area contributed by atoms with Crippen LogP contribution in [0.2, 0.25) is 0 Å². The lowest BCUT2D eigenvalue weighted by Gasteiger charge is -2.27. The predicted molar refractivity (Wildman–Crippen MR) is 117 cm³/mol. The van der Waals surface area contributed by atoms with Gasteiger partial charge in [0.25, 0.3) is 5.91 Å². The molecule has 0 aliphatic carbocycles. The lowest BCUT2D eigenvalue weighted by Crippen LogP contribution is -2.52.